The van der Waals surface area contributed by atoms with E-state index in [1.165, 1.54) is 0 Å². The van der Waals surface area contributed by atoms with Gasteiger partial charge in [-0.05, 0) is 13.0 Å². The summed E-state index contributed by atoms with van der Waals surface area (Å²) in [6.45, 7) is 2.69. The second kappa shape index (κ2) is 4.02. The lowest BCUT2D eigenvalue weighted by Gasteiger charge is -1.95. The minimum Gasteiger partial charge on any atom is -0.379 e. The molecule has 0 aliphatic heterocycles. The Bertz CT molecular complexity index is 507. The topological polar surface area (TPSA) is 44.1 Å². The van der Waals surface area contributed by atoms with Gasteiger partial charge in [0.25, 0.3) is 0 Å². The molecule has 78 valence electrons. The highest BCUT2D eigenvalue weighted by Gasteiger charge is 2.16. The van der Waals surface area contributed by atoms with Gasteiger partial charge in [-0.3, -0.25) is 4.68 Å². The van der Waals surface area contributed by atoms with Gasteiger partial charge in [-0.1, -0.05) is 18.2 Å². The number of carbonyl (C=O) groups excluding carboxylic acids is 1. The maximum absolute atomic E-state index is 11.4. The van der Waals surface area contributed by atoms with Gasteiger partial charge in [0.05, 0.1) is 5.52 Å². The average Bonchev–Trinajstić information content (AvgIpc) is 2.67. The van der Waals surface area contributed by atoms with Crippen LogP contribution in [-0.2, 0) is 10.4 Å². The molecule has 0 atom stereocenters. The molecule has 0 fully saturated rings. The third-order valence-electron chi connectivity index (χ3n) is 2.22. The first-order valence-corrected chi connectivity index (χ1v) is 5.21. The number of hydrogen-bond donors (Lipinski definition) is 0. The molecule has 1 heterocycles. The molecule has 2 rings (SSSR count). The minimum atomic E-state index is -0.474. The van der Waals surface area contributed by atoms with Gasteiger partial charge in [0.2, 0.25) is 0 Å². The molecule has 2 aromatic rings. The maximum atomic E-state index is 11.4. The van der Waals surface area contributed by atoms with Crippen molar-refractivity contribution in [3.8, 4) is 0 Å². The van der Waals surface area contributed by atoms with Crippen molar-refractivity contribution in [2.75, 3.05) is 0 Å². The van der Waals surface area contributed by atoms with Crippen LogP contribution < -0.4 is 0 Å². The van der Waals surface area contributed by atoms with Crippen molar-refractivity contribution >= 4 is 33.1 Å². The van der Waals surface area contributed by atoms with Gasteiger partial charge in [-0.2, -0.15) is 5.10 Å². The summed E-state index contributed by atoms with van der Waals surface area (Å²) >= 11 is 2.67. The molecule has 0 aliphatic carbocycles. The normalized spacial score (nSPS) is 10.5. The van der Waals surface area contributed by atoms with E-state index in [0.717, 1.165) is 17.4 Å². The van der Waals surface area contributed by atoms with Gasteiger partial charge in [-0.25, -0.2) is 4.79 Å². The van der Waals surface area contributed by atoms with E-state index in [-0.39, 0.29) is 0 Å². The van der Waals surface area contributed by atoms with Crippen LogP contribution in [0.4, 0.5) is 0 Å². The lowest BCUT2D eigenvalue weighted by molar-refractivity contribution is 0.0777. The van der Waals surface area contributed by atoms with Crippen LogP contribution in [-0.4, -0.2) is 15.7 Å². The van der Waals surface area contributed by atoms with Gasteiger partial charge in [0.15, 0.2) is 22.0 Å². The molecule has 0 saturated heterocycles. The largest absolute Gasteiger partial charge is 0.379 e. The number of rotatable bonds is 2. The van der Waals surface area contributed by atoms with Crippen molar-refractivity contribution in [1.29, 1.82) is 0 Å². The van der Waals surface area contributed by atoms with Crippen LogP contribution >= 0.6 is 16.3 Å². The second-order valence-electron chi connectivity index (χ2n) is 3.05. The number of benzene rings is 1. The highest BCUT2D eigenvalue weighted by molar-refractivity contribution is 9.06. The van der Waals surface area contributed by atoms with Crippen molar-refractivity contribution in [2.24, 2.45) is 0 Å². The summed E-state index contributed by atoms with van der Waals surface area (Å²) in [5.41, 5.74) is 1.28. The number of fused-ring (bicyclic) bond motifs is 1. The van der Waals surface area contributed by atoms with E-state index in [4.69, 9.17) is 0 Å². The molecule has 0 spiro atoms. The SMILES string of the molecule is CCn1nc(C(=O)OBr)c2ccccc21. The predicted molar refractivity (Wildman–Crippen MR) is 59.7 cm³/mol. The van der Waals surface area contributed by atoms with Gasteiger partial charge >= 0.3 is 5.97 Å². The monoisotopic (exact) mass is 268 g/mol. The molecular weight excluding hydrogens is 260 g/mol. The van der Waals surface area contributed by atoms with E-state index in [9.17, 15) is 4.79 Å². The van der Waals surface area contributed by atoms with E-state index in [1.807, 2.05) is 31.2 Å². The molecule has 0 radical (unpaired) electrons. The number of nitrogens with zero attached hydrogens (tertiary/aromatic N) is 2. The van der Waals surface area contributed by atoms with Gasteiger partial charge in [0, 0.05) is 11.9 Å². The molecule has 0 amide bonds. The molecular formula is C10H9BrN2O2. The lowest BCUT2D eigenvalue weighted by Crippen LogP contribution is -2.02. The third-order valence-corrected chi connectivity index (χ3v) is 2.51. The summed E-state index contributed by atoms with van der Waals surface area (Å²) in [6.07, 6.45) is 0. The zero-order chi connectivity index (χ0) is 10.8. The zero-order valence-electron chi connectivity index (χ0n) is 8.11. The van der Waals surface area contributed by atoms with Crippen molar-refractivity contribution in [3.63, 3.8) is 0 Å². The summed E-state index contributed by atoms with van der Waals surface area (Å²) in [4.78, 5) is 11.4. The average molecular weight is 269 g/mol. The maximum Gasteiger partial charge on any atom is 0.370 e. The van der Waals surface area contributed by atoms with Crippen molar-refractivity contribution < 1.29 is 8.62 Å². The molecule has 15 heavy (non-hydrogen) atoms. The third kappa shape index (κ3) is 1.63. The van der Waals surface area contributed by atoms with Crippen LogP contribution in [0.1, 0.15) is 17.4 Å². The quantitative estimate of drug-likeness (QED) is 0.841. The summed E-state index contributed by atoms with van der Waals surface area (Å²) in [5.74, 6) is -0.474. The second-order valence-corrected chi connectivity index (χ2v) is 3.37. The lowest BCUT2D eigenvalue weighted by atomic mass is 10.2. The number of para-hydroxylation sites is 1. The van der Waals surface area contributed by atoms with Crippen molar-refractivity contribution in [3.05, 3.63) is 30.0 Å². The highest BCUT2D eigenvalue weighted by atomic mass is 79.9. The van der Waals surface area contributed by atoms with Crippen LogP contribution in [0, 0.1) is 0 Å². The van der Waals surface area contributed by atoms with E-state index in [1.54, 1.807) is 4.68 Å². The van der Waals surface area contributed by atoms with E-state index < -0.39 is 5.97 Å². The molecule has 1 aromatic heterocycles. The smallest absolute Gasteiger partial charge is 0.370 e. The fraction of sp³-hybridized carbons (Fsp3) is 0.200. The predicted octanol–water partition coefficient (Wildman–Crippen LogP) is 2.52. The molecule has 4 nitrogen and oxygen atoms in total. The fourth-order valence-corrected chi connectivity index (χ4v) is 1.71. The number of aryl methyl sites for hydroxylation is 1. The summed E-state index contributed by atoms with van der Waals surface area (Å²) in [6, 6.07) is 7.57. The van der Waals surface area contributed by atoms with Crippen LogP contribution in [0.2, 0.25) is 0 Å². The Morgan fingerprint density at radius 3 is 2.93 bits per heavy atom. The van der Waals surface area contributed by atoms with Crippen LogP contribution in [0.15, 0.2) is 24.3 Å². The Labute approximate surface area is 95.3 Å². The first-order chi connectivity index (χ1) is 7.27. The molecule has 0 saturated carbocycles. The number of halogens is 1. The van der Waals surface area contributed by atoms with E-state index >= 15 is 0 Å². The molecule has 0 bridgehead atoms. The summed E-state index contributed by atoms with van der Waals surface area (Å²) < 4.78 is 6.27. The van der Waals surface area contributed by atoms with Gasteiger partial charge in [0.1, 0.15) is 0 Å². The van der Waals surface area contributed by atoms with Gasteiger partial charge in [-0.15, -0.1) is 0 Å². The molecule has 0 N–H and O–H groups in total. The van der Waals surface area contributed by atoms with Crippen LogP contribution in [0.5, 0.6) is 0 Å². The highest BCUT2D eigenvalue weighted by Crippen LogP contribution is 2.19. The van der Waals surface area contributed by atoms with E-state index in [0.29, 0.717) is 5.69 Å². The summed E-state index contributed by atoms with van der Waals surface area (Å²) in [5, 5.41) is 5.00. The number of aromatic nitrogens is 2. The standard InChI is InChI=1S/C10H9BrN2O2/c1-2-13-8-6-4-3-5-7(8)9(12-13)10(14)15-11/h3-6H,2H2,1H3. The fourth-order valence-electron chi connectivity index (χ4n) is 1.56. The molecule has 1 aromatic carbocycles. The Hall–Kier alpha value is -1.36. The number of hydrogen-bond acceptors (Lipinski definition) is 3. The van der Waals surface area contributed by atoms with Crippen molar-refractivity contribution in [2.45, 2.75) is 13.5 Å². The molecule has 0 unspecified atom stereocenters. The Morgan fingerprint density at radius 1 is 1.53 bits per heavy atom. The summed E-state index contributed by atoms with van der Waals surface area (Å²) in [7, 11) is 0. The minimum absolute atomic E-state index is 0.337. The Kier molecular flexibility index (Phi) is 2.73. The van der Waals surface area contributed by atoms with Crippen LogP contribution in [0.25, 0.3) is 10.9 Å². The molecule has 0 aliphatic rings. The van der Waals surface area contributed by atoms with E-state index in [2.05, 4.69) is 25.2 Å². The van der Waals surface area contributed by atoms with Crippen LogP contribution in [0.3, 0.4) is 0 Å². The first-order valence-electron chi connectivity index (χ1n) is 4.56. The first kappa shape index (κ1) is 10.2. The van der Waals surface area contributed by atoms with Crippen molar-refractivity contribution in [1.82, 2.24) is 9.78 Å². The number of carbonyl (C=O) groups is 1. The Morgan fingerprint density at radius 2 is 2.27 bits per heavy atom. The Balaban J connectivity index is 2.70. The molecule has 5 heteroatoms. The van der Waals surface area contributed by atoms with Gasteiger partial charge < -0.3 is 3.83 Å². The zero-order valence-corrected chi connectivity index (χ0v) is 9.69.